The Labute approximate surface area is 178 Å². The smallest absolute Gasteiger partial charge is 0.313 e. The number of nitro groups is 1. The van der Waals surface area contributed by atoms with Crippen LogP contribution in [0.15, 0.2) is 64.3 Å². The molecule has 0 bridgehead atoms. The monoisotopic (exact) mass is 478 g/mol. The third-order valence-corrected chi connectivity index (χ3v) is 4.55. The molecule has 0 saturated carbocycles. The first kappa shape index (κ1) is 20.7. The number of nitrogens with one attached hydrogen (secondary N) is 1. The average Bonchev–Trinajstić information content (AvgIpc) is 2.69. The molecule has 0 amide bonds. The van der Waals surface area contributed by atoms with E-state index < -0.39 is 4.92 Å². The lowest BCUT2D eigenvalue weighted by Gasteiger charge is -2.11. The zero-order valence-corrected chi connectivity index (χ0v) is 17.0. The molecule has 0 radical (unpaired) electrons. The summed E-state index contributed by atoms with van der Waals surface area (Å²) in [7, 11) is 0. The lowest BCUT2D eigenvalue weighted by Crippen LogP contribution is -2.00. The summed E-state index contributed by atoms with van der Waals surface area (Å²) < 4.78 is 19.3. The molecular formula is C19H13BrClFN4O3. The van der Waals surface area contributed by atoms with E-state index >= 15 is 0 Å². The maximum absolute atomic E-state index is 13.0. The molecule has 2 aromatic carbocycles. The minimum atomic E-state index is -0.550. The predicted octanol–water partition coefficient (Wildman–Crippen LogP) is 5.57. The minimum absolute atomic E-state index is 0.0261. The largest absolute Gasteiger partial charge is 0.486 e. The van der Waals surface area contributed by atoms with E-state index in [2.05, 4.69) is 31.4 Å². The Morgan fingerprint density at radius 2 is 2.07 bits per heavy atom. The molecule has 3 aromatic rings. The molecule has 148 valence electrons. The van der Waals surface area contributed by atoms with Gasteiger partial charge in [0.2, 0.25) is 5.82 Å². The van der Waals surface area contributed by atoms with Crippen molar-refractivity contribution in [1.82, 2.24) is 4.98 Å². The number of ether oxygens (including phenoxy) is 1. The number of rotatable bonds is 7. The molecule has 10 heteroatoms. The minimum Gasteiger partial charge on any atom is -0.486 e. The van der Waals surface area contributed by atoms with E-state index in [1.807, 2.05) is 0 Å². The average molecular weight is 480 g/mol. The number of nitrogens with zero attached hydrogens (tertiary/aromatic N) is 3. The molecule has 0 atom stereocenters. The second-order valence-electron chi connectivity index (χ2n) is 5.73. The van der Waals surface area contributed by atoms with Crippen molar-refractivity contribution < 1.29 is 14.1 Å². The zero-order valence-electron chi connectivity index (χ0n) is 14.7. The number of hydrogen-bond acceptors (Lipinski definition) is 6. The maximum atomic E-state index is 13.0. The molecule has 0 aliphatic heterocycles. The number of hydrogen-bond donors (Lipinski definition) is 1. The zero-order chi connectivity index (χ0) is 20.8. The molecule has 0 saturated heterocycles. The van der Waals surface area contributed by atoms with Gasteiger partial charge in [0.15, 0.2) is 5.75 Å². The van der Waals surface area contributed by atoms with Gasteiger partial charge in [-0.05, 0) is 57.4 Å². The summed E-state index contributed by atoms with van der Waals surface area (Å²) >= 11 is 9.69. The van der Waals surface area contributed by atoms with E-state index in [9.17, 15) is 14.5 Å². The van der Waals surface area contributed by atoms with Crippen LogP contribution in [0.1, 0.15) is 11.1 Å². The van der Waals surface area contributed by atoms with Crippen LogP contribution in [0.5, 0.6) is 5.75 Å². The molecule has 7 nitrogen and oxygen atoms in total. The number of benzene rings is 2. The van der Waals surface area contributed by atoms with Gasteiger partial charge in [0.1, 0.15) is 12.4 Å². The second kappa shape index (κ2) is 9.44. The molecule has 0 unspecified atom stereocenters. The van der Waals surface area contributed by atoms with Crippen LogP contribution in [0, 0.1) is 15.9 Å². The van der Waals surface area contributed by atoms with Gasteiger partial charge >= 0.3 is 5.69 Å². The number of hydrazone groups is 1. The van der Waals surface area contributed by atoms with E-state index in [0.717, 1.165) is 5.56 Å². The fraction of sp³-hybridized carbons (Fsp3) is 0.0526. The summed E-state index contributed by atoms with van der Waals surface area (Å²) in [4.78, 5) is 14.3. The van der Waals surface area contributed by atoms with Crippen molar-refractivity contribution >= 4 is 45.3 Å². The van der Waals surface area contributed by atoms with Gasteiger partial charge < -0.3 is 4.74 Å². The first-order chi connectivity index (χ1) is 13.9. The van der Waals surface area contributed by atoms with E-state index in [-0.39, 0.29) is 23.9 Å². The number of aromatic nitrogens is 1. The Morgan fingerprint density at radius 3 is 2.76 bits per heavy atom. The first-order valence-corrected chi connectivity index (χ1v) is 9.36. The van der Waals surface area contributed by atoms with E-state index in [1.165, 1.54) is 36.7 Å². The number of anilines is 1. The van der Waals surface area contributed by atoms with Crippen LogP contribution in [-0.4, -0.2) is 16.1 Å². The van der Waals surface area contributed by atoms with Crippen molar-refractivity contribution in [1.29, 1.82) is 0 Å². The highest BCUT2D eigenvalue weighted by Crippen LogP contribution is 2.34. The van der Waals surface area contributed by atoms with Crippen molar-refractivity contribution in [3.05, 3.63) is 91.3 Å². The second-order valence-corrected chi connectivity index (χ2v) is 6.99. The summed E-state index contributed by atoms with van der Waals surface area (Å²) in [6, 6.07) is 12.1. The van der Waals surface area contributed by atoms with Crippen LogP contribution in [0.3, 0.4) is 0 Å². The van der Waals surface area contributed by atoms with Gasteiger partial charge in [0, 0.05) is 12.3 Å². The Balaban J connectivity index is 1.69. The molecule has 0 aliphatic carbocycles. The summed E-state index contributed by atoms with van der Waals surface area (Å²) in [5.74, 6) is 0.140. The highest BCUT2D eigenvalue weighted by molar-refractivity contribution is 9.10. The summed E-state index contributed by atoms with van der Waals surface area (Å²) in [6.45, 7) is 0.219. The SMILES string of the molecule is O=[N+]([O-])c1cccnc1N/N=C\c1cc(Cl)c(OCc2ccc(F)cc2)c(Br)c1. The summed E-state index contributed by atoms with van der Waals surface area (Å²) in [5.41, 5.74) is 3.78. The molecule has 1 heterocycles. The molecule has 1 N–H and O–H groups in total. The molecule has 29 heavy (non-hydrogen) atoms. The van der Waals surface area contributed by atoms with Gasteiger partial charge in [0.05, 0.1) is 20.6 Å². The highest BCUT2D eigenvalue weighted by Gasteiger charge is 2.13. The predicted molar refractivity (Wildman–Crippen MR) is 112 cm³/mol. The maximum Gasteiger partial charge on any atom is 0.313 e. The van der Waals surface area contributed by atoms with Crippen LogP contribution in [0.2, 0.25) is 5.02 Å². The van der Waals surface area contributed by atoms with Crippen molar-refractivity contribution in [3.8, 4) is 5.75 Å². The van der Waals surface area contributed by atoms with Crippen LogP contribution in [-0.2, 0) is 6.61 Å². The fourth-order valence-corrected chi connectivity index (χ4v) is 3.32. The van der Waals surface area contributed by atoms with Gasteiger partial charge in [-0.3, -0.25) is 15.5 Å². The molecule has 0 aliphatic rings. The standard InChI is InChI=1S/C19H13BrClFN4O3/c20-15-8-13(10-24-25-19-17(26(27)28)2-1-7-23-19)9-16(21)18(15)29-11-12-3-5-14(22)6-4-12/h1-10H,11H2,(H,23,25)/b24-10-. The Hall–Kier alpha value is -3.04. The molecule has 0 spiro atoms. The number of halogens is 3. The number of pyridine rings is 1. The lowest BCUT2D eigenvalue weighted by atomic mass is 10.2. The van der Waals surface area contributed by atoms with Crippen molar-refractivity contribution in [3.63, 3.8) is 0 Å². The third-order valence-electron chi connectivity index (χ3n) is 3.68. The molecule has 0 fully saturated rings. The fourth-order valence-electron chi connectivity index (χ4n) is 2.33. The van der Waals surface area contributed by atoms with E-state index in [4.69, 9.17) is 16.3 Å². The molecule has 3 rings (SSSR count). The quantitative estimate of drug-likeness (QED) is 0.272. The van der Waals surface area contributed by atoms with Crippen LogP contribution in [0.4, 0.5) is 15.9 Å². The van der Waals surface area contributed by atoms with Crippen molar-refractivity contribution in [2.75, 3.05) is 5.43 Å². The summed E-state index contributed by atoms with van der Waals surface area (Å²) in [6.07, 6.45) is 2.87. The van der Waals surface area contributed by atoms with Gasteiger partial charge in [0.25, 0.3) is 0 Å². The summed E-state index contributed by atoms with van der Waals surface area (Å²) in [5, 5.41) is 15.3. The topological polar surface area (TPSA) is 89.7 Å². The molecular weight excluding hydrogens is 467 g/mol. The van der Waals surface area contributed by atoms with Crippen LogP contribution >= 0.6 is 27.5 Å². The van der Waals surface area contributed by atoms with Gasteiger partial charge in [-0.15, -0.1) is 0 Å². The Morgan fingerprint density at radius 1 is 1.31 bits per heavy atom. The van der Waals surface area contributed by atoms with Crippen LogP contribution in [0.25, 0.3) is 0 Å². The van der Waals surface area contributed by atoms with Gasteiger partial charge in [-0.1, -0.05) is 23.7 Å². The Kier molecular flexibility index (Phi) is 6.73. The van der Waals surface area contributed by atoms with Crippen molar-refractivity contribution in [2.45, 2.75) is 6.61 Å². The van der Waals surface area contributed by atoms with E-state index in [0.29, 0.717) is 20.8 Å². The first-order valence-electron chi connectivity index (χ1n) is 8.19. The van der Waals surface area contributed by atoms with E-state index in [1.54, 1.807) is 24.3 Å². The van der Waals surface area contributed by atoms with Crippen LogP contribution < -0.4 is 10.2 Å². The highest BCUT2D eigenvalue weighted by atomic mass is 79.9. The normalized spacial score (nSPS) is 10.9. The third kappa shape index (κ3) is 5.49. The lowest BCUT2D eigenvalue weighted by molar-refractivity contribution is -0.384. The molecule has 1 aromatic heterocycles. The Bertz CT molecular complexity index is 1040. The van der Waals surface area contributed by atoms with Gasteiger partial charge in [-0.2, -0.15) is 5.10 Å². The van der Waals surface area contributed by atoms with Gasteiger partial charge in [-0.25, -0.2) is 9.37 Å². The van der Waals surface area contributed by atoms with Crippen molar-refractivity contribution in [2.24, 2.45) is 5.10 Å².